The molecule has 1 saturated carbocycles. The van der Waals surface area contributed by atoms with Crippen LogP contribution in [-0.4, -0.2) is 5.11 Å². The number of halogens is 1. The van der Waals surface area contributed by atoms with Gasteiger partial charge in [-0.25, -0.2) is 4.39 Å². The molecular formula is C15H18FNO. The topological polar surface area (TPSA) is 44.0 Å². The van der Waals surface area contributed by atoms with Crippen LogP contribution >= 0.6 is 0 Å². The van der Waals surface area contributed by atoms with Crippen LogP contribution in [-0.2, 0) is 0 Å². The van der Waals surface area contributed by atoms with E-state index in [1.165, 1.54) is 6.07 Å². The third-order valence-electron chi connectivity index (χ3n) is 4.04. The van der Waals surface area contributed by atoms with Crippen LogP contribution in [0.2, 0.25) is 0 Å². The molecule has 2 nitrogen and oxygen atoms in total. The fourth-order valence-corrected chi connectivity index (χ4v) is 2.90. The Labute approximate surface area is 107 Å². The molecule has 3 atom stereocenters. The fraction of sp³-hybridized carbons (Fsp3) is 0.533. The van der Waals surface area contributed by atoms with Gasteiger partial charge in [0.1, 0.15) is 5.82 Å². The molecule has 18 heavy (non-hydrogen) atoms. The summed E-state index contributed by atoms with van der Waals surface area (Å²) in [6.45, 7) is 3.77. The number of aryl methyl sites for hydroxylation is 1. The summed E-state index contributed by atoms with van der Waals surface area (Å²) < 4.78 is 13.2. The molecule has 1 aromatic carbocycles. The maximum absolute atomic E-state index is 13.2. The Morgan fingerprint density at radius 3 is 2.78 bits per heavy atom. The first-order chi connectivity index (χ1) is 8.48. The molecule has 0 amide bonds. The lowest BCUT2D eigenvalue weighted by Crippen LogP contribution is -2.24. The van der Waals surface area contributed by atoms with E-state index in [-0.39, 0.29) is 5.82 Å². The van der Waals surface area contributed by atoms with E-state index in [2.05, 4.69) is 13.0 Å². The lowest BCUT2D eigenvalue weighted by atomic mass is 9.78. The molecule has 96 valence electrons. The van der Waals surface area contributed by atoms with Crippen LogP contribution in [0, 0.1) is 35.4 Å². The average Bonchev–Trinajstić information content (AvgIpc) is 2.75. The summed E-state index contributed by atoms with van der Waals surface area (Å²) in [5, 5.41) is 19.9. The van der Waals surface area contributed by atoms with Gasteiger partial charge in [0.2, 0.25) is 0 Å². The molecule has 0 radical (unpaired) electrons. The van der Waals surface area contributed by atoms with Crippen molar-refractivity contribution in [2.45, 2.75) is 39.2 Å². The van der Waals surface area contributed by atoms with Crippen LogP contribution in [0.25, 0.3) is 0 Å². The number of rotatable bonds is 2. The van der Waals surface area contributed by atoms with Crippen molar-refractivity contribution < 1.29 is 9.50 Å². The standard InChI is InChI=1S/C15H18FNO/c1-10-5-6-15(8-10,9-17)14(18)12-3-4-13(16)11(2)7-12/h3-4,7,10,14,18H,5-6,8H2,1-2H3. The van der Waals surface area contributed by atoms with E-state index in [1.54, 1.807) is 19.1 Å². The first-order valence-corrected chi connectivity index (χ1v) is 6.34. The van der Waals surface area contributed by atoms with Crippen molar-refractivity contribution in [3.63, 3.8) is 0 Å². The summed E-state index contributed by atoms with van der Waals surface area (Å²) in [5.74, 6) is 0.178. The van der Waals surface area contributed by atoms with Crippen LogP contribution < -0.4 is 0 Å². The summed E-state index contributed by atoms with van der Waals surface area (Å²) in [6, 6.07) is 6.87. The van der Waals surface area contributed by atoms with Crippen molar-refractivity contribution in [2.75, 3.05) is 0 Å². The molecule has 2 rings (SSSR count). The van der Waals surface area contributed by atoms with Gasteiger partial charge in [-0.05, 0) is 49.3 Å². The Bertz CT molecular complexity index is 494. The molecule has 0 bridgehead atoms. The van der Waals surface area contributed by atoms with Crippen molar-refractivity contribution in [3.8, 4) is 6.07 Å². The molecule has 1 N–H and O–H groups in total. The van der Waals surface area contributed by atoms with Crippen molar-refractivity contribution in [2.24, 2.45) is 11.3 Å². The number of hydrogen-bond acceptors (Lipinski definition) is 2. The molecule has 1 aliphatic rings. The minimum absolute atomic E-state index is 0.281. The molecule has 1 aromatic rings. The number of nitriles is 1. The number of aliphatic hydroxyl groups excluding tert-OH is 1. The molecular weight excluding hydrogens is 229 g/mol. The summed E-state index contributed by atoms with van der Waals surface area (Å²) in [7, 11) is 0. The van der Waals surface area contributed by atoms with Gasteiger partial charge in [0, 0.05) is 0 Å². The highest BCUT2D eigenvalue weighted by Crippen LogP contribution is 2.49. The third-order valence-corrected chi connectivity index (χ3v) is 4.04. The van der Waals surface area contributed by atoms with Crippen LogP contribution in [0.5, 0.6) is 0 Å². The van der Waals surface area contributed by atoms with Crippen molar-refractivity contribution in [1.82, 2.24) is 0 Å². The second-order valence-corrected chi connectivity index (χ2v) is 5.53. The third kappa shape index (κ3) is 2.13. The number of nitrogens with zero attached hydrogens (tertiary/aromatic N) is 1. The Morgan fingerprint density at radius 1 is 1.56 bits per heavy atom. The van der Waals surface area contributed by atoms with Gasteiger partial charge in [-0.1, -0.05) is 19.1 Å². The zero-order chi connectivity index (χ0) is 13.3. The van der Waals surface area contributed by atoms with E-state index in [1.807, 2.05) is 0 Å². The molecule has 0 saturated heterocycles. The van der Waals surface area contributed by atoms with E-state index in [0.717, 1.165) is 6.42 Å². The van der Waals surface area contributed by atoms with Crippen LogP contribution in [0.3, 0.4) is 0 Å². The maximum Gasteiger partial charge on any atom is 0.126 e. The predicted octanol–water partition coefficient (Wildman–Crippen LogP) is 3.50. The van der Waals surface area contributed by atoms with Gasteiger partial charge in [-0.15, -0.1) is 0 Å². The highest BCUT2D eigenvalue weighted by molar-refractivity contribution is 5.29. The normalized spacial score (nSPS) is 28.9. The van der Waals surface area contributed by atoms with Crippen molar-refractivity contribution in [1.29, 1.82) is 5.26 Å². The van der Waals surface area contributed by atoms with Gasteiger partial charge in [0.15, 0.2) is 0 Å². The molecule has 1 aliphatic carbocycles. The second kappa shape index (κ2) is 4.70. The minimum Gasteiger partial charge on any atom is -0.387 e. The summed E-state index contributed by atoms with van der Waals surface area (Å²) >= 11 is 0. The monoisotopic (exact) mass is 247 g/mol. The molecule has 0 aromatic heterocycles. The highest BCUT2D eigenvalue weighted by Gasteiger charge is 2.44. The molecule has 1 fully saturated rings. The van der Waals surface area contributed by atoms with Gasteiger partial charge < -0.3 is 5.11 Å². The van der Waals surface area contributed by atoms with Gasteiger partial charge in [-0.2, -0.15) is 5.26 Å². The van der Waals surface area contributed by atoms with Gasteiger partial charge >= 0.3 is 0 Å². The average molecular weight is 247 g/mol. The van der Waals surface area contributed by atoms with E-state index >= 15 is 0 Å². The maximum atomic E-state index is 13.2. The number of aliphatic hydroxyl groups is 1. The molecule has 0 heterocycles. The van der Waals surface area contributed by atoms with E-state index in [0.29, 0.717) is 29.9 Å². The van der Waals surface area contributed by atoms with Crippen LogP contribution in [0.1, 0.15) is 43.4 Å². The Kier molecular flexibility index (Phi) is 3.41. The van der Waals surface area contributed by atoms with Crippen LogP contribution in [0.15, 0.2) is 18.2 Å². The Balaban J connectivity index is 2.32. The van der Waals surface area contributed by atoms with Crippen LogP contribution in [0.4, 0.5) is 4.39 Å². The van der Waals surface area contributed by atoms with Gasteiger partial charge in [-0.3, -0.25) is 0 Å². The first-order valence-electron chi connectivity index (χ1n) is 6.34. The summed E-state index contributed by atoms with van der Waals surface area (Å²) in [5.41, 5.74) is 0.444. The predicted molar refractivity (Wildman–Crippen MR) is 67.2 cm³/mol. The summed E-state index contributed by atoms with van der Waals surface area (Å²) in [4.78, 5) is 0. The zero-order valence-corrected chi connectivity index (χ0v) is 10.8. The van der Waals surface area contributed by atoms with Gasteiger partial charge in [0.05, 0.1) is 17.6 Å². The minimum atomic E-state index is -0.827. The highest BCUT2D eigenvalue weighted by atomic mass is 19.1. The molecule has 0 spiro atoms. The van der Waals surface area contributed by atoms with E-state index < -0.39 is 11.5 Å². The van der Waals surface area contributed by atoms with Gasteiger partial charge in [0.25, 0.3) is 0 Å². The van der Waals surface area contributed by atoms with E-state index in [4.69, 9.17) is 0 Å². The smallest absolute Gasteiger partial charge is 0.126 e. The molecule has 0 aliphatic heterocycles. The van der Waals surface area contributed by atoms with E-state index in [9.17, 15) is 14.8 Å². The largest absolute Gasteiger partial charge is 0.387 e. The summed E-state index contributed by atoms with van der Waals surface area (Å²) in [6.07, 6.45) is 1.56. The second-order valence-electron chi connectivity index (χ2n) is 5.53. The Hall–Kier alpha value is -1.40. The zero-order valence-electron chi connectivity index (χ0n) is 10.8. The molecule has 3 heteroatoms. The lowest BCUT2D eigenvalue weighted by molar-refractivity contribution is 0.0646. The quantitative estimate of drug-likeness (QED) is 0.869. The van der Waals surface area contributed by atoms with Crippen molar-refractivity contribution in [3.05, 3.63) is 35.1 Å². The lowest BCUT2D eigenvalue weighted by Gasteiger charge is -2.27. The fourth-order valence-electron chi connectivity index (χ4n) is 2.90. The van der Waals surface area contributed by atoms with Crippen molar-refractivity contribution >= 4 is 0 Å². The first kappa shape index (κ1) is 13.0. The number of hydrogen-bond donors (Lipinski definition) is 1. The number of benzene rings is 1. The SMILES string of the molecule is Cc1cc(C(O)C2(C#N)CCC(C)C2)ccc1F. The molecule has 3 unspecified atom stereocenters. The Morgan fingerprint density at radius 2 is 2.28 bits per heavy atom.